The van der Waals surface area contributed by atoms with Crippen LogP contribution in [0.3, 0.4) is 0 Å². The van der Waals surface area contributed by atoms with Gasteiger partial charge < -0.3 is 5.32 Å². The minimum atomic E-state index is 0.511. The van der Waals surface area contributed by atoms with E-state index in [1.165, 1.54) is 56.2 Å². The first kappa shape index (κ1) is 15.6. The summed E-state index contributed by atoms with van der Waals surface area (Å²) < 4.78 is 1.99. The van der Waals surface area contributed by atoms with Crippen molar-refractivity contribution in [3.8, 4) is 0 Å². The molecule has 0 amide bonds. The van der Waals surface area contributed by atoms with E-state index in [2.05, 4.69) is 30.5 Å². The van der Waals surface area contributed by atoms with Crippen LogP contribution >= 0.6 is 0 Å². The Kier molecular flexibility index (Phi) is 6.08. The van der Waals surface area contributed by atoms with Crippen molar-refractivity contribution in [3.05, 3.63) is 17.5 Å². The molecule has 1 N–H and O–H groups in total. The minimum Gasteiger partial charge on any atom is -0.310 e. The van der Waals surface area contributed by atoms with Crippen LogP contribution in [-0.2, 0) is 13.5 Å². The Morgan fingerprint density at radius 2 is 1.95 bits per heavy atom. The first-order chi connectivity index (χ1) is 9.76. The molecule has 1 unspecified atom stereocenters. The maximum absolute atomic E-state index is 4.65. The van der Waals surface area contributed by atoms with Crippen LogP contribution in [0.5, 0.6) is 0 Å². The molecule has 0 spiro atoms. The lowest BCUT2D eigenvalue weighted by atomic mass is 9.87. The number of nitrogens with one attached hydrogen (secondary N) is 1. The number of aromatic nitrogens is 2. The fourth-order valence-corrected chi connectivity index (χ4v) is 3.56. The fraction of sp³-hybridized carbons (Fsp3) is 0.824. The molecule has 0 saturated heterocycles. The largest absolute Gasteiger partial charge is 0.310 e. The Bertz CT molecular complexity index is 389. The molecule has 0 aromatic carbocycles. The summed E-state index contributed by atoms with van der Waals surface area (Å²) >= 11 is 0. The third kappa shape index (κ3) is 3.85. The van der Waals surface area contributed by atoms with E-state index < -0.39 is 0 Å². The van der Waals surface area contributed by atoms with Crippen LogP contribution in [0.2, 0.25) is 0 Å². The number of hydrogen-bond acceptors (Lipinski definition) is 2. The number of nitrogens with zero attached hydrogens (tertiary/aromatic N) is 2. The van der Waals surface area contributed by atoms with Crippen LogP contribution in [-0.4, -0.2) is 16.3 Å². The van der Waals surface area contributed by atoms with E-state index in [0.29, 0.717) is 6.04 Å². The molecule has 3 heteroatoms. The summed E-state index contributed by atoms with van der Waals surface area (Å²) in [7, 11) is 2.05. The van der Waals surface area contributed by atoms with Crippen molar-refractivity contribution in [1.82, 2.24) is 15.1 Å². The molecular weight excluding hydrogens is 246 g/mol. The molecule has 1 aliphatic rings. The highest BCUT2D eigenvalue weighted by Crippen LogP contribution is 2.34. The van der Waals surface area contributed by atoms with Crippen molar-refractivity contribution in [2.75, 3.05) is 6.54 Å². The number of hydrogen-bond donors (Lipinski definition) is 1. The van der Waals surface area contributed by atoms with Gasteiger partial charge in [0.15, 0.2) is 0 Å². The van der Waals surface area contributed by atoms with Crippen LogP contribution < -0.4 is 5.32 Å². The Labute approximate surface area is 124 Å². The SMILES string of the molecule is CCCNC(c1cn(C)nc1CC)C1CCCCCC1. The molecule has 1 aromatic heterocycles. The first-order valence-electron chi connectivity index (χ1n) is 8.52. The Balaban J connectivity index is 2.20. The van der Waals surface area contributed by atoms with Gasteiger partial charge in [0, 0.05) is 24.8 Å². The second-order valence-electron chi connectivity index (χ2n) is 6.24. The second-order valence-corrected chi connectivity index (χ2v) is 6.24. The van der Waals surface area contributed by atoms with Gasteiger partial charge in [0.2, 0.25) is 0 Å². The number of rotatable bonds is 6. The Morgan fingerprint density at radius 3 is 2.55 bits per heavy atom. The van der Waals surface area contributed by atoms with Gasteiger partial charge in [-0.15, -0.1) is 0 Å². The fourth-order valence-electron chi connectivity index (χ4n) is 3.56. The average Bonchev–Trinajstić information content (AvgIpc) is 2.66. The van der Waals surface area contributed by atoms with Crippen molar-refractivity contribution < 1.29 is 0 Å². The van der Waals surface area contributed by atoms with E-state index in [9.17, 15) is 0 Å². The summed E-state index contributed by atoms with van der Waals surface area (Å²) in [4.78, 5) is 0. The van der Waals surface area contributed by atoms with Gasteiger partial charge in [0.05, 0.1) is 5.69 Å². The van der Waals surface area contributed by atoms with Crippen LogP contribution in [0.1, 0.15) is 76.1 Å². The molecule has 1 saturated carbocycles. The van der Waals surface area contributed by atoms with E-state index in [4.69, 9.17) is 0 Å². The van der Waals surface area contributed by atoms with Gasteiger partial charge in [-0.1, -0.05) is 39.5 Å². The highest BCUT2D eigenvalue weighted by Gasteiger charge is 2.26. The van der Waals surface area contributed by atoms with Crippen molar-refractivity contribution in [2.24, 2.45) is 13.0 Å². The summed E-state index contributed by atoms with van der Waals surface area (Å²) in [6.45, 7) is 5.58. The molecule has 1 aliphatic carbocycles. The van der Waals surface area contributed by atoms with E-state index in [1.54, 1.807) is 0 Å². The molecule has 114 valence electrons. The van der Waals surface area contributed by atoms with E-state index in [1.807, 2.05) is 11.7 Å². The van der Waals surface area contributed by atoms with Gasteiger partial charge >= 0.3 is 0 Å². The van der Waals surface area contributed by atoms with Crippen LogP contribution in [0.4, 0.5) is 0 Å². The van der Waals surface area contributed by atoms with Crippen molar-refractivity contribution >= 4 is 0 Å². The Hall–Kier alpha value is -0.830. The maximum Gasteiger partial charge on any atom is 0.0669 e. The maximum atomic E-state index is 4.65. The molecule has 1 fully saturated rings. The number of aryl methyl sites for hydroxylation is 2. The monoisotopic (exact) mass is 277 g/mol. The quantitative estimate of drug-likeness (QED) is 0.797. The smallest absolute Gasteiger partial charge is 0.0669 e. The summed E-state index contributed by atoms with van der Waals surface area (Å²) in [5, 5.41) is 8.47. The van der Waals surface area contributed by atoms with Crippen molar-refractivity contribution in [2.45, 2.75) is 71.3 Å². The third-order valence-corrected chi connectivity index (χ3v) is 4.59. The summed E-state index contributed by atoms with van der Waals surface area (Å²) in [6.07, 6.45) is 12.9. The molecule has 2 rings (SSSR count). The molecule has 0 radical (unpaired) electrons. The lowest BCUT2D eigenvalue weighted by Crippen LogP contribution is -2.29. The molecular formula is C17H31N3. The molecule has 1 heterocycles. The average molecular weight is 277 g/mol. The summed E-state index contributed by atoms with van der Waals surface area (Å²) in [6, 6.07) is 0.511. The van der Waals surface area contributed by atoms with Crippen LogP contribution in [0, 0.1) is 5.92 Å². The van der Waals surface area contributed by atoms with Gasteiger partial charge in [-0.05, 0) is 38.1 Å². The van der Waals surface area contributed by atoms with Gasteiger partial charge in [0.1, 0.15) is 0 Å². The lowest BCUT2D eigenvalue weighted by Gasteiger charge is -2.27. The van der Waals surface area contributed by atoms with E-state index >= 15 is 0 Å². The Morgan fingerprint density at radius 1 is 1.25 bits per heavy atom. The minimum absolute atomic E-state index is 0.511. The third-order valence-electron chi connectivity index (χ3n) is 4.59. The van der Waals surface area contributed by atoms with Crippen LogP contribution in [0.15, 0.2) is 6.20 Å². The molecule has 0 aliphatic heterocycles. The van der Waals surface area contributed by atoms with E-state index in [-0.39, 0.29) is 0 Å². The second kappa shape index (κ2) is 7.82. The molecule has 0 bridgehead atoms. The molecule has 20 heavy (non-hydrogen) atoms. The topological polar surface area (TPSA) is 29.9 Å². The van der Waals surface area contributed by atoms with E-state index in [0.717, 1.165) is 18.9 Å². The zero-order valence-electron chi connectivity index (χ0n) is 13.5. The van der Waals surface area contributed by atoms with Crippen molar-refractivity contribution in [1.29, 1.82) is 0 Å². The zero-order valence-corrected chi connectivity index (χ0v) is 13.5. The normalized spacial score (nSPS) is 18.9. The predicted molar refractivity (Wildman–Crippen MR) is 84.8 cm³/mol. The summed E-state index contributed by atoms with van der Waals surface area (Å²) in [5.74, 6) is 0.790. The highest BCUT2D eigenvalue weighted by atomic mass is 15.3. The van der Waals surface area contributed by atoms with Gasteiger partial charge in [-0.25, -0.2) is 0 Å². The zero-order chi connectivity index (χ0) is 14.4. The predicted octanol–water partition coefficient (Wildman–Crippen LogP) is 3.99. The van der Waals surface area contributed by atoms with Gasteiger partial charge in [0.25, 0.3) is 0 Å². The summed E-state index contributed by atoms with van der Waals surface area (Å²) in [5.41, 5.74) is 2.74. The standard InChI is InChI=1S/C17H31N3/c1-4-12-18-17(14-10-8-6-7-9-11-14)15-13-20(3)19-16(15)5-2/h13-14,17-18H,4-12H2,1-3H3. The van der Waals surface area contributed by atoms with Crippen molar-refractivity contribution in [3.63, 3.8) is 0 Å². The van der Waals surface area contributed by atoms with Gasteiger partial charge in [-0.2, -0.15) is 5.10 Å². The van der Waals surface area contributed by atoms with Gasteiger partial charge in [-0.3, -0.25) is 4.68 Å². The highest BCUT2D eigenvalue weighted by molar-refractivity contribution is 5.22. The molecule has 3 nitrogen and oxygen atoms in total. The first-order valence-corrected chi connectivity index (χ1v) is 8.52. The molecule has 1 aromatic rings. The molecule has 1 atom stereocenters. The van der Waals surface area contributed by atoms with Crippen LogP contribution in [0.25, 0.3) is 0 Å². The lowest BCUT2D eigenvalue weighted by molar-refractivity contribution is 0.324.